The Hall–Kier alpha value is -2.60. The lowest BCUT2D eigenvalue weighted by Crippen LogP contribution is -2.37. The molecule has 2 heterocycles. The minimum atomic E-state index is -0.141. The summed E-state index contributed by atoms with van der Waals surface area (Å²) in [5.41, 5.74) is 1.76. The van der Waals surface area contributed by atoms with Crippen LogP contribution in [-0.4, -0.2) is 54.9 Å². The number of methoxy groups -OCH3 is 1. The van der Waals surface area contributed by atoms with E-state index >= 15 is 0 Å². The molecule has 26 heavy (non-hydrogen) atoms. The maximum Gasteiger partial charge on any atom is 0.289 e. The van der Waals surface area contributed by atoms with Crippen LogP contribution in [0.3, 0.4) is 0 Å². The summed E-state index contributed by atoms with van der Waals surface area (Å²) in [6.07, 6.45) is 0.745. The van der Waals surface area contributed by atoms with E-state index in [-0.39, 0.29) is 11.8 Å². The number of hydrogen-bond donors (Lipinski definition) is 0. The van der Waals surface area contributed by atoms with E-state index in [2.05, 4.69) is 0 Å². The number of aryl methyl sites for hydroxylation is 1. The van der Waals surface area contributed by atoms with E-state index in [9.17, 15) is 9.59 Å². The second-order valence-electron chi connectivity index (χ2n) is 6.51. The molecule has 6 heteroatoms. The Balaban J connectivity index is 1.64. The van der Waals surface area contributed by atoms with Gasteiger partial charge in [-0.05, 0) is 37.6 Å². The molecule has 0 saturated carbocycles. The molecule has 0 N–H and O–H groups in total. The largest absolute Gasteiger partial charge is 0.453 e. The molecule has 6 nitrogen and oxygen atoms in total. The SMILES string of the molecule is COCc1ccc(C(=O)N2CCCN(C(=O)c3cccc(C)c3)CC2)o1. The molecule has 0 bridgehead atoms. The number of rotatable bonds is 4. The molecule has 138 valence electrons. The summed E-state index contributed by atoms with van der Waals surface area (Å²) >= 11 is 0. The first kappa shape index (κ1) is 18.2. The highest BCUT2D eigenvalue weighted by Crippen LogP contribution is 2.15. The fourth-order valence-electron chi connectivity index (χ4n) is 3.15. The van der Waals surface area contributed by atoms with E-state index < -0.39 is 0 Å². The van der Waals surface area contributed by atoms with Crippen molar-refractivity contribution >= 4 is 11.8 Å². The summed E-state index contributed by atoms with van der Waals surface area (Å²) in [6.45, 7) is 4.58. The van der Waals surface area contributed by atoms with Crippen molar-refractivity contribution < 1.29 is 18.7 Å². The van der Waals surface area contributed by atoms with E-state index in [0.717, 1.165) is 12.0 Å². The highest BCUT2D eigenvalue weighted by Gasteiger charge is 2.25. The molecule has 1 aromatic carbocycles. The van der Waals surface area contributed by atoms with E-state index in [1.54, 1.807) is 24.1 Å². The average molecular weight is 356 g/mol. The number of nitrogens with zero attached hydrogens (tertiary/aromatic N) is 2. The molecule has 1 aliphatic heterocycles. The van der Waals surface area contributed by atoms with Crippen molar-refractivity contribution in [2.24, 2.45) is 0 Å². The first-order chi connectivity index (χ1) is 12.6. The Morgan fingerprint density at radius 3 is 2.46 bits per heavy atom. The van der Waals surface area contributed by atoms with Gasteiger partial charge in [0.05, 0.1) is 0 Å². The lowest BCUT2D eigenvalue weighted by atomic mass is 10.1. The molecule has 0 aliphatic carbocycles. The fourth-order valence-corrected chi connectivity index (χ4v) is 3.15. The van der Waals surface area contributed by atoms with Crippen molar-refractivity contribution in [3.8, 4) is 0 Å². The molecule has 1 fully saturated rings. The third-order valence-corrected chi connectivity index (χ3v) is 4.49. The smallest absolute Gasteiger partial charge is 0.289 e. The van der Waals surface area contributed by atoms with E-state index in [0.29, 0.717) is 49.9 Å². The standard InChI is InChI=1S/C20H24N2O4/c1-15-5-3-6-16(13-15)19(23)21-9-4-10-22(12-11-21)20(24)18-8-7-17(26-18)14-25-2/h3,5-8,13H,4,9-12,14H2,1-2H3. The molecular weight excluding hydrogens is 332 g/mol. The van der Waals surface area contributed by atoms with Crippen LogP contribution in [0.5, 0.6) is 0 Å². The Bertz CT molecular complexity index is 784. The molecular formula is C20H24N2O4. The minimum Gasteiger partial charge on any atom is -0.453 e. The highest BCUT2D eigenvalue weighted by atomic mass is 16.5. The lowest BCUT2D eigenvalue weighted by molar-refractivity contribution is 0.0695. The quantitative estimate of drug-likeness (QED) is 0.845. The Morgan fingerprint density at radius 2 is 1.77 bits per heavy atom. The summed E-state index contributed by atoms with van der Waals surface area (Å²) in [5.74, 6) is 0.818. The van der Waals surface area contributed by atoms with Crippen molar-refractivity contribution in [2.75, 3.05) is 33.3 Å². The second-order valence-corrected chi connectivity index (χ2v) is 6.51. The van der Waals surface area contributed by atoms with Crippen LogP contribution in [0.15, 0.2) is 40.8 Å². The van der Waals surface area contributed by atoms with E-state index in [4.69, 9.17) is 9.15 Å². The topological polar surface area (TPSA) is 63.0 Å². The molecule has 0 spiro atoms. The minimum absolute atomic E-state index is 0.0170. The monoisotopic (exact) mass is 356 g/mol. The molecule has 2 aromatic rings. The predicted octanol–water partition coefficient (Wildman–Crippen LogP) is 2.72. The van der Waals surface area contributed by atoms with Gasteiger partial charge in [0.25, 0.3) is 11.8 Å². The van der Waals surface area contributed by atoms with Crippen molar-refractivity contribution in [3.05, 3.63) is 59.0 Å². The molecule has 0 unspecified atom stereocenters. The number of ether oxygens (including phenoxy) is 1. The Morgan fingerprint density at radius 1 is 1.04 bits per heavy atom. The van der Waals surface area contributed by atoms with E-state index in [1.165, 1.54) is 0 Å². The van der Waals surface area contributed by atoms with Gasteiger partial charge in [-0.15, -0.1) is 0 Å². The molecule has 1 aromatic heterocycles. The van der Waals surface area contributed by atoms with Crippen molar-refractivity contribution in [1.29, 1.82) is 0 Å². The summed E-state index contributed by atoms with van der Waals surface area (Å²) in [4.78, 5) is 28.9. The number of amides is 2. The van der Waals surface area contributed by atoms with Crippen molar-refractivity contribution in [3.63, 3.8) is 0 Å². The van der Waals surface area contributed by atoms with Gasteiger partial charge in [-0.2, -0.15) is 0 Å². The van der Waals surface area contributed by atoms with Crippen LogP contribution in [0.25, 0.3) is 0 Å². The molecule has 1 saturated heterocycles. The second kappa shape index (κ2) is 8.19. The fraction of sp³-hybridized carbons (Fsp3) is 0.400. The number of benzene rings is 1. The van der Waals surface area contributed by atoms with Gasteiger partial charge in [0, 0.05) is 38.9 Å². The van der Waals surface area contributed by atoms with Crippen LogP contribution in [0.1, 0.15) is 38.7 Å². The van der Waals surface area contributed by atoms with Crippen LogP contribution >= 0.6 is 0 Å². The van der Waals surface area contributed by atoms with Gasteiger partial charge >= 0.3 is 0 Å². The van der Waals surface area contributed by atoms with Gasteiger partial charge < -0.3 is 19.0 Å². The first-order valence-corrected chi connectivity index (χ1v) is 8.81. The third-order valence-electron chi connectivity index (χ3n) is 4.49. The number of hydrogen-bond acceptors (Lipinski definition) is 4. The summed E-state index contributed by atoms with van der Waals surface area (Å²) < 4.78 is 10.6. The predicted molar refractivity (Wildman–Crippen MR) is 97.0 cm³/mol. The van der Waals surface area contributed by atoms with Gasteiger partial charge in [0.2, 0.25) is 0 Å². The molecule has 0 atom stereocenters. The Labute approximate surface area is 153 Å². The number of carbonyl (C=O) groups excluding carboxylic acids is 2. The first-order valence-electron chi connectivity index (χ1n) is 8.81. The van der Waals surface area contributed by atoms with Gasteiger partial charge in [-0.25, -0.2) is 0 Å². The van der Waals surface area contributed by atoms with E-state index in [1.807, 2.05) is 36.1 Å². The molecule has 3 rings (SSSR count). The summed E-state index contributed by atoms with van der Waals surface area (Å²) in [6, 6.07) is 11.0. The van der Waals surface area contributed by atoms with Crippen LogP contribution in [0, 0.1) is 6.92 Å². The van der Waals surface area contributed by atoms with Gasteiger partial charge in [-0.3, -0.25) is 9.59 Å². The zero-order valence-electron chi connectivity index (χ0n) is 15.2. The molecule has 2 amide bonds. The summed E-state index contributed by atoms with van der Waals surface area (Å²) in [5, 5.41) is 0. The maximum atomic E-state index is 12.7. The number of carbonyl (C=O) groups is 2. The van der Waals surface area contributed by atoms with Crippen LogP contribution in [-0.2, 0) is 11.3 Å². The van der Waals surface area contributed by atoms with Crippen LogP contribution in [0.4, 0.5) is 0 Å². The average Bonchev–Trinajstić information content (AvgIpc) is 2.96. The summed E-state index contributed by atoms with van der Waals surface area (Å²) in [7, 11) is 1.58. The molecule has 1 aliphatic rings. The zero-order valence-corrected chi connectivity index (χ0v) is 15.2. The normalized spacial score (nSPS) is 15.0. The van der Waals surface area contributed by atoms with Gasteiger partial charge in [0.1, 0.15) is 12.4 Å². The van der Waals surface area contributed by atoms with Crippen LogP contribution < -0.4 is 0 Å². The maximum absolute atomic E-state index is 12.7. The molecule has 0 radical (unpaired) electrons. The van der Waals surface area contributed by atoms with Gasteiger partial charge in [-0.1, -0.05) is 17.7 Å². The van der Waals surface area contributed by atoms with Crippen molar-refractivity contribution in [1.82, 2.24) is 9.80 Å². The zero-order chi connectivity index (χ0) is 18.5. The lowest BCUT2D eigenvalue weighted by Gasteiger charge is -2.22. The van der Waals surface area contributed by atoms with Crippen LogP contribution in [0.2, 0.25) is 0 Å². The third kappa shape index (κ3) is 4.14. The van der Waals surface area contributed by atoms with Gasteiger partial charge in [0.15, 0.2) is 5.76 Å². The highest BCUT2D eigenvalue weighted by molar-refractivity contribution is 5.94. The Kier molecular flexibility index (Phi) is 5.73. The number of furan rings is 1. The van der Waals surface area contributed by atoms with Crippen molar-refractivity contribution in [2.45, 2.75) is 20.0 Å².